The van der Waals surface area contributed by atoms with E-state index in [1.54, 1.807) is 18.3 Å². The van der Waals surface area contributed by atoms with Crippen molar-refractivity contribution in [2.75, 3.05) is 5.43 Å². The van der Waals surface area contributed by atoms with Gasteiger partial charge in [-0.15, -0.1) is 11.3 Å². The van der Waals surface area contributed by atoms with E-state index in [4.69, 9.17) is 4.74 Å². The van der Waals surface area contributed by atoms with Crippen molar-refractivity contribution in [3.8, 4) is 17.0 Å². The molecule has 0 atom stereocenters. The number of nitrogens with one attached hydrogen (secondary N) is 1. The number of ether oxygens (including phenoxy) is 1. The summed E-state index contributed by atoms with van der Waals surface area (Å²) in [5, 5.41) is 6.87. The topological polar surface area (TPSA) is 46.5 Å². The van der Waals surface area contributed by atoms with Gasteiger partial charge >= 0.3 is 0 Å². The van der Waals surface area contributed by atoms with Crippen LogP contribution in [0.1, 0.15) is 11.1 Å². The zero-order chi connectivity index (χ0) is 20.8. The van der Waals surface area contributed by atoms with E-state index >= 15 is 0 Å². The third-order valence-corrected chi connectivity index (χ3v) is 4.96. The Balaban J connectivity index is 1.36. The molecule has 0 amide bonds. The largest absolute Gasteiger partial charge is 0.489 e. The monoisotopic (exact) mass is 421 g/mol. The first kappa shape index (κ1) is 19.7. The van der Waals surface area contributed by atoms with E-state index in [2.05, 4.69) is 15.5 Å². The quantitative estimate of drug-likeness (QED) is 0.289. The molecule has 0 radical (unpaired) electrons. The van der Waals surface area contributed by atoms with Crippen LogP contribution in [0.2, 0.25) is 0 Å². The molecule has 0 aliphatic heterocycles. The van der Waals surface area contributed by atoms with Gasteiger partial charge in [-0.2, -0.15) is 5.10 Å². The molecule has 7 heteroatoms. The second-order valence-corrected chi connectivity index (χ2v) is 7.23. The number of rotatable bonds is 7. The van der Waals surface area contributed by atoms with Crippen molar-refractivity contribution in [2.45, 2.75) is 6.61 Å². The highest BCUT2D eigenvalue weighted by atomic mass is 32.1. The predicted octanol–water partition coefficient (Wildman–Crippen LogP) is 6.11. The van der Waals surface area contributed by atoms with Crippen molar-refractivity contribution in [1.82, 2.24) is 4.98 Å². The number of aromatic nitrogens is 1. The summed E-state index contributed by atoms with van der Waals surface area (Å²) in [7, 11) is 0. The van der Waals surface area contributed by atoms with Crippen molar-refractivity contribution < 1.29 is 13.5 Å². The van der Waals surface area contributed by atoms with Crippen molar-refractivity contribution in [1.29, 1.82) is 0 Å². The van der Waals surface area contributed by atoms with Crippen LogP contribution in [0.5, 0.6) is 5.75 Å². The number of nitrogens with zero attached hydrogens (tertiary/aromatic N) is 2. The van der Waals surface area contributed by atoms with Crippen LogP contribution in [-0.2, 0) is 6.61 Å². The molecule has 0 aliphatic rings. The fourth-order valence-electron chi connectivity index (χ4n) is 2.71. The molecule has 0 spiro atoms. The van der Waals surface area contributed by atoms with E-state index in [1.165, 1.54) is 23.5 Å². The van der Waals surface area contributed by atoms with Gasteiger partial charge in [0.1, 0.15) is 24.0 Å². The third-order valence-electron chi connectivity index (χ3n) is 4.22. The third kappa shape index (κ3) is 5.07. The maximum Gasteiger partial charge on any atom is 0.203 e. The van der Waals surface area contributed by atoms with Gasteiger partial charge in [0.15, 0.2) is 0 Å². The average Bonchev–Trinajstić information content (AvgIpc) is 3.23. The highest BCUT2D eigenvalue weighted by Crippen LogP contribution is 2.24. The average molecular weight is 421 g/mol. The normalized spacial score (nSPS) is 11.0. The molecule has 0 saturated carbocycles. The van der Waals surface area contributed by atoms with Crippen LogP contribution >= 0.6 is 11.3 Å². The van der Waals surface area contributed by atoms with Crippen LogP contribution in [0.4, 0.5) is 13.9 Å². The minimum Gasteiger partial charge on any atom is -0.489 e. The highest BCUT2D eigenvalue weighted by Gasteiger charge is 2.05. The van der Waals surface area contributed by atoms with E-state index in [0.717, 1.165) is 22.9 Å². The van der Waals surface area contributed by atoms with Gasteiger partial charge in [-0.1, -0.05) is 42.5 Å². The van der Waals surface area contributed by atoms with Gasteiger partial charge in [-0.3, -0.25) is 5.43 Å². The zero-order valence-electron chi connectivity index (χ0n) is 15.8. The molecule has 1 heterocycles. The van der Waals surface area contributed by atoms with E-state index < -0.39 is 11.6 Å². The van der Waals surface area contributed by atoms with Gasteiger partial charge in [-0.25, -0.2) is 13.8 Å². The lowest BCUT2D eigenvalue weighted by atomic mass is 10.2. The maximum absolute atomic E-state index is 13.7. The van der Waals surface area contributed by atoms with E-state index in [-0.39, 0.29) is 12.2 Å². The molecule has 3 aromatic carbocycles. The number of anilines is 1. The highest BCUT2D eigenvalue weighted by molar-refractivity contribution is 7.14. The summed E-state index contributed by atoms with van der Waals surface area (Å²) >= 11 is 1.47. The lowest BCUT2D eigenvalue weighted by Crippen LogP contribution is -1.99. The van der Waals surface area contributed by atoms with Crippen LogP contribution in [0.25, 0.3) is 11.3 Å². The fourth-order valence-corrected chi connectivity index (χ4v) is 3.38. The van der Waals surface area contributed by atoms with Crippen molar-refractivity contribution in [3.63, 3.8) is 0 Å². The Morgan fingerprint density at radius 3 is 2.70 bits per heavy atom. The lowest BCUT2D eigenvalue weighted by molar-refractivity contribution is 0.299. The minimum absolute atomic E-state index is 0.00629. The van der Waals surface area contributed by atoms with Crippen LogP contribution in [0, 0.1) is 11.6 Å². The molecule has 150 valence electrons. The molecule has 0 bridgehead atoms. The molecule has 4 nitrogen and oxygen atoms in total. The number of benzene rings is 3. The summed E-state index contributed by atoms with van der Waals surface area (Å²) in [6.45, 7) is 0.00629. The summed E-state index contributed by atoms with van der Waals surface area (Å²) in [4.78, 5) is 4.51. The van der Waals surface area contributed by atoms with Crippen LogP contribution in [0.15, 0.2) is 83.3 Å². The Bertz CT molecular complexity index is 1160. The molecule has 0 saturated heterocycles. The number of hydrogen-bond donors (Lipinski definition) is 1. The zero-order valence-corrected chi connectivity index (χ0v) is 16.6. The van der Waals surface area contributed by atoms with Gasteiger partial charge in [0, 0.05) is 22.6 Å². The number of hydrogen-bond acceptors (Lipinski definition) is 5. The first-order valence-electron chi connectivity index (χ1n) is 9.14. The second-order valence-electron chi connectivity index (χ2n) is 6.37. The summed E-state index contributed by atoms with van der Waals surface area (Å²) in [5.74, 6) is -0.684. The van der Waals surface area contributed by atoms with Crippen LogP contribution < -0.4 is 10.2 Å². The van der Waals surface area contributed by atoms with Crippen molar-refractivity contribution in [3.05, 3.63) is 101 Å². The summed E-state index contributed by atoms with van der Waals surface area (Å²) in [6, 6.07) is 20.6. The molecular weight excluding hydrogens is 404 g/mol. The Labute approximate surface area is 176 Å². The van der Waals surface area contributed by atoms with E-state index in [9.17, 15) is 8.78 Å². The SMILES string of the molecule is Fc1ccc(COc2cccc(C=NNc3nc(-c4ccccc4)cs3)c2)c(F)c1. The Hall–Kier alpha value is -3.58. The van der Waals surface area contributed by atoms with Gasteiger partial charge in [0.2, 0.25) is 5.13 Å². The molecule has 0 unspecified atom stereocenters. The van der Waals surface area contributed by atoms with Crippen LogP contribution in [0.3, 0.4) is 0 Å². The molecule has 30 heavy (non-hydrogen) atoms. The maximum atomic E-state index is 13.7. The first-order valence-corrected chi connectivity index (χ1v) is 10.0. The molecular formula is C23H17F2N3OS. The standard InChI is InChI=1S/C23H17F2N3OS/c24-19-10-9-18(21(25)12-19)14-29-20-8-4-5-16(11-20)13-26-28-23-27-22(15-30-23)17-6-2-1-3-7-17/h1-13,15H,14H2,(H,27,28). The molecule has 1 N–H and O–H groups in total. The molecule has 0 fully saturated rings. The summed E-state index contributed by atoms with van der Waals surface area (Å²) < 4.78 is 32.3. The van der Waals surface area contributed by atoms with Gasteiger partial charge < -0.3 is 4.74 Å². The fraction of sp³-hybridized carbons (Fsp3) is 0.0435. The Morgan fingerprint density at radius 1 is 1.00 bits per heavy atom. The number of hydrazone groups is 1. The van der Waals surface area contributed by atoms with E-state index in [0.29, 0.717) is 10.9 Å². The molecule has 4 aromatic rings. The van der Waals surface area contributed by atoms with Crippen molar-refractivity contribution in [2.24, 2.45) is 5.10 Å². The van der Waals surface area contributed by atoms with Crippen molar-refractivity contribution >= 4 is 22.7 Å². The van der Waals surface area contributed by atoms with Gasteiger partial charge in [0.05, 0.1) is 11.9 Å². The molecule has 0 aliphatic carbocycles. The predicted molar refractivity (Wildman–Crippen MR) is 116 cm³/mol. The van der Waals surface area contributed by atoms with Gasteiger partial charge in [-0.05, 0) is 29.8 Å². The lowest BCUT2D eigenvalue weighted by Gasteiger charge is -2.08. The summed E-state index contributed by atoms with van der Waals surface area (Å²) in [6.07, 6.45) is 1.65. The second kappa shape index (κ2) is 9.28. The summed E-state index contributed by atoms with van der Waals surface area (Å²) in [5.41, 5.74) is 5.96. The smallest absolute Gasteiger partial charge is 0.203 e. The van der Waals surface area contributed by atoms with Gasteiger partial charge in [0.25, 0.3) is 0 Å². The number of thiazole rings is 1. The molecule has 1 aromatic heterocycles. The molecule has 4 rings (SSSR count). The minimum atomic E-state index is -0.629. The number of halogens is 2. The first-order chi connectivity index (χ1) is 14.7. The Morgan fingerprint density at radius 2 is 1.87 bits per heavy atom. The Kier molecular flexibility index (Phi) is 6.10. The van der Waals surface area contributed by atoms with Crippen LogP contribution in [-0.4, -0.2) is 11.2 Å². The van der Waals surface area contributed by atoms with E-state index in [1.807, 2.05) is 47.8 Å².